The minimum absolute atomic E-state index is 0.000763. The Morgan fingerprint density at radius 1 is 1.15 bits per heavy atom. The van der Waals surface area contributed by atoms with E-state index in [1.807, 2.05) is 13.8 Å². The van der Waals surface area contributed by atoms with Crippen LogP contribution in [-0.2, 0) is 0 Å². The Labute approximate surface area is 164 Å². The number of halogens is 1. The van der Waals surface area contributed by atoms with Crippen molar-refractivity contribution in [3.05, 3.63) is 59.1 Å². The van der Waals surface area contributed by atoms with Gasteiger partial charge in [0.25, 0.3) is 5.91 Å². The van der Waals surface area contributed by atoms with E-state index in [1.165, 1.54) is 0 Å². The summed E-state index contributed by atoms with van der Waals surface area (Å²) in [6, 6.07) is 13.6. The predicted octanol–water partition coefficient (Wildman–Crippen LogP) is 4.02. The van der Waals surface area contributed by atoms with E-state index in [4.69, 9.17) is 16.3 Å². The molecule has 144 valence electrons. The van der Waals surface area contributed by atoms with Crippen LogP contribution >= 0.6 is 11.6 Å². The van der Waals surface area contributed by atoms with Crippen molar-refractivity contribution in [2.75, 3.05) is 25.5 Å². The van der Waals surface area contributed by atoms with Crippen LogP contribution in [0.4, 0.5) is 10.5 Å². The molecule has 0 spiro atoms. The molecule has 0 unspecified atom stereocenters. The van der Waals surface area contributed by atoms with E-state index in [-0.39, 0.29) is 18.0 Å². The second-order valence-corrected chi connectivity index (χ2v) is 6.77. The molecule has 0 aliphatic rings. The van der Waals surface area contributed by atoms with Crippen LogP contribution in [0, 0.1) is 0 Å². The third-order valence-corrected chi connectivity index (χ3v) is 3.90. The number of nitrogens with one attached hydrogen (secondary N) is 2. The molecule has 6 nitrogen and oxygen atoms in total. The van der Waals surface area contributed by atoms with E-state index in [0.717, 1.165) is 0 Å². The summed E-state index contributed by atoms with van der Waals surface area (Å²) in [5.74, 6) is 0.445. The largest absolute Gasteiger partial charge is 0.492 e. The number of urea groups is 1. The quantitative estimate of drug-likeness (QED) is 0.751. The van der Waals surface area contributed by atoms with Crippen molar-refractivity contribution in [2.24, 2.45) is 0 Å². The number of anilines is 1. The number of para-hydroxylation sites is 1. The van der Waals surface area contributed by atoms with Gasteiger partial charge in [0.2, 0.25) is 0 Å². The fourth-order valence-corrected chi connectivity index (χ4v) is 2.54. The second-order valence-electron chi connectivity index (χ2n) is 6.33. The number of rotatable bonds is 7. The Morgan fingerprint density at radius 3 is 2.59 bits per heavy atom. The van der Waals surface area contributed by atoms with E-state index in [0.29, 0.717) is 35.2 Å². The Hall–Kier alpha value is -2.73. The molecule has 27 heavy (non-hydrogen) atoms. The van der Waals surface area contributed by atoms with Crippen LogP contribution in [0.3, 0.4) is 0 Å². The molecule has 0 radical (unpaired) electrons. The van der Waals surface area contributed by atoms with Gasteiger partial charge in [-0.2, -0.15) is 0 Å². The number of ether oxygens (including phenoxy) is 1. The average molecular weight is 390 g/mol. The predicted molar refractivity (Wildman–Crippen MR) is 108 cm³/mol. The van der Waals surface area contributed by atoms with Crippen molar-refractivity contribution >= 4 is 29.2 Å². The van der Waals surface area contributed by atoms with Crippen LogP contribution in [0.15, 0.2) is 48.5 Å². The summed E-state index contributed by atoms with van der Waals surface area (Å²) in [5.41, 5.74) is 0.880. The topological polar surface area (TPSA) is 70.7 Å². The lowest BCUT2D eigenvalue weighted by Crippen LogP contribution is -2.35. The molecule has 0 saturated carbocycles. The van der Waals surface area contributed by atoms with Crippen molar-refractivity contribution in [2.45, 2.75) is 19.9 Å². The molecule has 3 amide bonds. The minimum atomic E-state index is -0.350. The molecule has 0 aliphatic heterocycles. The number of benzene rings is 2. The Morgan fingerprint density at radius 2 is 1.89 bits per heavy atom. The number of carbonyl (C=O) groups is 2. The molecular weight excluding hydrogens is 366 g/mol. The van der Waals surface area contributed by atoms with Gasteiger partial charge in [0.05, 0.1) is 17.8 Å². The number of carbonyl (C=O) groups excluding carboxylic acids is 2. The summed E-state index contributed by atoms with van der Waals surface area (Å²) in [5, 5.41) is 6.05. The second kappa shape index (κ2) is 9.83. The summed E-state index contributed by atoms with van der Waals surface area (Å²) < 4.78 is 5.62. The van der Waals surface area contributed by atoms with Gasteiger partial charge < -0.3 is 20.3 Å². The first-order valence-corrected chi connectivity index (χ1v) is 9.05. The maximum atomic E-state index is 12.7. The molecule has 2 aromatic carbocycles. The molecule has 7 heteroatoms. The first-order valence-electron chi connectivity index (χ1n) is 8.67. The van der Waals surface area contributed by atoms with Gasteiger partial charge >= 0.3 is 6.03 Å². The van der Waals surface area contributed by atoms with E-state index < -0.39 is 0 Å². The van der Waals surface area contributed by atoms with E-state index in [2.05, 4.69) is 10.6 Å². The van der Waals surface area contributed by atoms with Gasteiger partial charge in [-0.1, -0.05) is 29.8 Å². The highest BCUT2D eigenvalue weighted by Gasteiger charge is 2.17. The van der Waals surface area contributed by atoms with E-state index in [9.17, 15) is 9.59 Å². The first-order chi connectivity index (χ1) is 12.9. The van der Waals surface area contributed by atoms with Crippen molar-refractivity contribution < 1.29 is 14.3 Å². The maximum absolute atomic E-state index is 12.7. The monoisotopic (exact) mass is 389 g/mol. The maximum Gasteiger partial charge on any atom is 0.319 e. The van der Waals surface area contributed by atoms with Crippen LogP contribution < -0.4 is 15.4 Å². The fourth-order valence-electron chi connectivity index (χ4n) is 2.36. The van der Waals surface area contributed by atoms with Gasteiger partial charge in [0.1, 0.15) is 12.4 Å². The summed E-state index contributed by atoms with van der Waals surface area (Å²) in [4.78, 5) is 26.2. The molecule has 0 aliphatic carbocycles. The lowest BCUT2D eigenvalue weighted by Gasteiger charge is -2.20. The van der Waals surface area contributed by atoms with Crippen molar-refractivity contribution in [1.29, 1.82) is 0 Å². The third kappa shape index (κ3) is 6.49. The molecule has 0 fully saturated rings. The molecule has 0 atom stereocenters. The lowest BCUT2D eigenvalue weighted by molar-refractivity contribution is 0.0775. The van der Waals surface area contributed by atoms with Crippen molar-refractivity contribution in [3.8, 4) is 5.75 Å². The molecule has 0 heterocycles. The average Bonchev–Trinajstić information content (AvgIpc) is 2.61. The summed E-state index contributed by atoms with van der Waals surface area (Å²) >= 11 is 5.92. The zero-order valence-corrected chi connectivity index (χ0v) is 16.4. The third-order valence-electron chi connectivity index (χ3n) is 3.66. The molecule has 2 rings (SSSR count). The molecule has 0 saturated heterocycles. The Balaban J connectivity index is 1.96. The number of hydrogen-bond acceptors (Lipinski definition) is 3. The first kappa shape index (κ1) is 20.6. The zero-order valence-electron chi connectivity index (χ0n) is 15.7. The molecule has 2 aromatic rings. The van der Waals surface area contributed by atoms with Gasteiger partial charge in [-0.25, -0.2) is 4.79 Å². The van der Waals surface area contributed by atoms with Crippen LogP contribution in [-0.4, -0.2) is 43.1 Å². The summed E-state index contributed by atoms with van der Waals surface area (Å²) in [6.45, 7) is 4.44. The molecule has 0 bridgehead atoms. The Kier molecular flexibility index (Phi) is 7.49. The van der Waals surface area contributed by atoms with Crippen LogP contribution in [0.25, 0.3) is 0 Å². The fraction of sp³-hybridized carbons (Fsp3) is 0.300. The normalized spacial score (nSPS) is 10.4. The summed E-state index contributed by atoms with van der Waals surface area (Å²) in [7, 11) is 1.69. The Bertz CT molecular complexity index is 796. The molecule has 0 aromatic heterocycles. The van der Waals surface area contributed by atoms with Gasteiger partial charge in [-0.15, -0.1) is 0 Å². The number of nitrogens with zero attached hydrogens (tertiary/aromatic N) is 1. The zero-order chi connectivity index (χ0) is 19.8. The lowest BCUT2D eigenvalue weighted by atomic mass is 10.1. The number of likely N-dealkylation sites (N-methyl/N-ethyl adjacent to an activating group) is 1. The van der Waals surface area contributed by atoms with Gasteiger partial charge in [-0.05, 0) is 44.2 Å². The van der Waals surface area contributed by atoms with Crippen LogP contribution in [0.5, 0.6) is 5.75 Å². The van der Waals surface area contributed by atoms with Gasteiger partial charge in [-0.3, -0.25) is 4.79 Å². The SMILES string of the molecule is CC(C)NC(=O)Nc1ccccc1C(=O)N(C)CCOc1cccc(Cl)c1. The van der Waals surface area contributed by atoms with Crippen molar-refractivity contribution in [1.82, 2.24) is 10.2 Å². The summed E-state index contributed by atoms with van der Waals surface area (Å²) in [6.07, 6.45) is 0. The van der Waals surface area contributed by atoms with Gasteiger partial charge in [0.15, 0.2) is 0 Å². The molecular formula is C20H24ClN3O3. The van der Waals surface area contributed by atoms with Crippen LogP contribution in [0.2, 0.25) is 5.02 Å². The number of hydrogen-bond donors (Lipinski definition) is 2. The minimum Gasteiger partial charge on any atom is -0.492 e. The van der Waals surface area contributed by atoms with Gasteiger partial charge in [0, 0.05) is 18.1 Å². The standard InChI is InChI=1S/C20H24ClN3O3/c1-14(2)22-20(26)23-18-10-5-4-9-17(18)19(25)24(3)11-12-27-16-8-6-7-15(21)13-16/h4-10,13-14H,11-12H2,1-3H3,(H2,22,23,26). The highest BCUT2D eigenvalue weighted by atomic mass is 35.5. The number of amides is 3. The van der Waals surface area contributed by atoms with E-state index in [1.54, 1.807) is 60.5 Å². The highest BCUT2D eigenvalue weighted by Crippen LogP contribution is 2.18. The van der Waals surface area contributed by atoms with Crippen LogP contribution in [0.1, 0.15) is 24.2 Å². The molecule has 2 N–H and O–H groups in total. The van der Waals surface area contributed by atoms with E-state index >= 15 is 0 Å². The highest BCUT2D eigenvalue weighted by molar-refractivity contribution is 6.30. The van der Waals surface area contributed by atoms with Crippen molar-refractivity contribution in [3.63, 3.8) is 0 Å². The smallest absolute Gasteiger partial charge is 0.319 e.